The number of ether oxygens (including phenoxy) is 1. The number of rotatable bonds is 2. The molecule has 1 fully saturated rings. The first-order valence-electron chi connectivity index (χ1n) is 5.17. The normalized spacial score (nSPS) is 16.5. The zero-order valence-corrected chi connectivity index (χ0v) is 9.82. The molecule has 0 unspecified atom stereocenters. The Balaban J connectivity index is 2.19. The van der Waals surface area contributed by atoms with Crippen molar-refractivity contribution in [3.63, 3.8) is 0 Å². The number of carbonyl (C=O) groups is 3. The molecule has 0 atom stereocenters. The molecule has 1 heterocycles. The fourth-order valence-corrected chi connectivity index (χ4v) is 1.37. The van der Waals surface area contributed by atoms with Gasteiger partial charge in [0.15, 0.2) is 0 Å². The molecule has 8 nitrogen and oxygen atoms in total. The smallest absolute Gasteiger partial charge is 0.436 e. The third-order valence-electron chi connectivity index (χ3n) is 2.23. The van der Waals surface area contributed by atoms with E-state index in [1.54, 1.807) is 30.3 Å². The van der Waals surface area contributed by atoms with Gasteiger partial charge in [0.2, 0.25) is 5.71 Å². The van der Waals surface area contributed by atoms with Gasteiger partial charge >= 0.3 is 12.1 Å². The predicted molar refractivity (Wildman–Crippen MR) is 63.0 cm³/mol. The van der Waals surface area contributed by atoms with Crippen molar-refractivity contribution in [2.45, 2.75) is 0 Å². The van der Waals surface area contributed by atoms with Crippen molar-refractivity contribution < 1.29 is 24.0 Å². The predicted octanol–water partition coefficient (Wildman–Crippen LogP) is 0.203. The first-order chi connectivity index (χ1) is 9.13. The van der Waals surface area contributed by atoms with Crippen LogP contribution in [0.5, 0.6) is 0 Å². The number of nitrogens with one attached hydrogen (secondary N) is 1. The second kappa shape index (κ2) is 5.17. The number of hydrogen-bond donors (Lipinski definition) is 1. The van der Waals surface area contributed by atoms with Crippen LogP contribution in [0.25, 0.3) is 0 Å². The first kappa shape index (κ1) is 12.6. The highest BCUT2D eigenvalue weighted by atomic mass is 16.8. The van der Waals surface area contributed by atoms with Crippen LogP contribution in [0, 0.1) is 0 Å². The Morgan fingerprint density at radius 1 is 1.26 bits per heavy atom. The lowest BCUT2D eigenvalue weighted by molar-refractivity contribution is -0.114. The molecule has 19 heavy (non-hydrogen) atoms. The molecule has 1 N–H and O–H groups in total. The molecule has 1 aliphatic rings. The van der Waals surface area contributed by atoms with Crippen molar-refractivity contribution in [1.82, 2.24) is 5.43 Å². The summed E-state index contributed by atoms with van der Waals surface area (Å²) in [6.07, 6.45) is -1.12. The summed E-state index contributed by atoms with van der Waals surface area (Å²) in [6, 6.07) is 8.43. The van der Waals surface area contributed by atoms with Crippen LogP contribution in [-0.4, -0.2) is 30.8 Å². The molecule has 8 heteroatoms. The number of oxime groups is 1. The van der Waals surface area contributed by atoms with Gasteiger partial charge in [0.05, 0.1) is 12.8 Å². The van der Waals surface area contributed by atoms with Crippen LogP contribution in [0.3, 0.4) is 0 Å². The SMILES string of the molecule is COC(=O)O/N=C1\C(=O)NN(c2ccccc2)C1=O. The van der Waals surface area contributed by atoms with Gasteiger partial charge in [-0.25, -0.2) is 9.80 Å². The number of para-hydroxylation sites is 1. The number of hydrogen-bond acceptors (Lipinski definition) is 6. The highest BCUT2D eigenvalue weighted by molar-refractivity contribution is 6.70. The van der Waals surface area contributed by atoms with Gasteiger partial charge in [0, 0.05) is 0 Å². The second-order valence-electron chi connectivity index (χ2n) is 3.40. The van der Waals surface area contributed by atoms with Crippen LogP contribution in [0.4, 0.5) is 10.5 Å². The Morgan fingerprint density at radius 3 is 2.58 bits per heavy atom. The molecule has 1 saturated heterocycles. The third kappa shape index (κ3) is 2.51. The highest BCUT2D eigenvalue weighted by Gasteiger charge is 2.37. The lowest BCUT2D eigenvalue weighted by atomic mass is 10.3. The average Bonchev–Trinajstić information content (AvgIpc) is 2.72. The maximum atomic E-state index is 11.9. The molecule has 0 aromatic heterocycles. The van der Waals surface area contributed by atoms with E-state index >= 15 is 0 Å². The molecule has 0 spiro atoms. The van der Waals surface area contributed by atoms with Gasteiger partial charge in [0.1, 0.15) is 0 Å². The first-order valence-corrected chi connectivity index (χ1v) is 5.17. The van der Waals surface area contributed by atoms with Gasteiger partial charge in [0.25, 0.3) is 5.91 Å². The molecule has 1 aromatic rings. The van der Waals surface area contributed by atoms with Crippen LogP contribution in [-0.2, 0) is 19.2 Å². The fourth-order valence-electron chi connectivity index (χ4n) is 1.37. The molecular formula is C11H9N3O5. The number of anilines is 1. The van der Waals surface area contributed by atoms with E-state index < -0.39 is 23.7 Å². The molecule has 0 bridgehead atoms. The number of nitrogens with zero attached hydrogens (tertiary/aromatic N) is 2. The second-order valence-corrected chi connectivity index (χ2v) is 3.40. The van der Waals surface area contributed by atoms with E-state index in [4.69, 9.17) is 0 Å². The van der Waals surface area contributed by atoms with Gasteiger partial charge in [-0.2, -0.15) is 0 Å². The number of methoxy groups -OCH3 is 1. The van der Waals surface area contributed by atoms with E-state index in [-0.39, 0.29) is 0 Å². The lowest BCUT2D eigenvalue weighted by Gasteiger charge is -2.13. The summed E-state index contributed by atoms with van der Waals surface area (Å²) in [5.74, 6) is -1.49. The summed E-state index contributed by atoms with van der Waals surface area (Å²) in [5, 5.41) is 4.17. The van der Waals surface area contributed by atoms with E-state index in [1.807, 2.05) is 0 Å². The Labute approximate surface area is 107 Å². The Morgan fingerprint density at radius 2 is 1.95 bits per heavy atom. The summed E-state index contributed by atoms with van der Waals surface area (Å²) >= 11 is 0. The van der Waals surface area contributed by atoms with E-state index in [9.17, 15) is 14.4 Å². The standard InChI is InChI=1S/C11H9N3O5/c1-18-11(17)19-13-8-9(15)12-14(10(8)16)7-5-3-2-4-6-7/h2-6H,1H3,(H,12,15)/b13-8+. The Bertz CT molecular complexity index is 555. The third-order valence-corrected chi connectivity index (χ3v) is 2.23. The number of hydrazine groups is 1. The number of benzene rings is 1. The van der Waals surface area contributed by atoms with Gasteiger partial charge in [-0.1, -0.05) is 23.4 Å². The summed E-state index contributed by atoms with van der Waals surface area (Å²) in [4.78, 5) is 38.4. The van der Waals surface area contributed by atoms with Crippen molar-refractivity contribution >= 4 is 29.4 Å². The topological polar surface area (TPSA) is 97.3 Å². The molecule has 0 radical (unpaired) electrons. The molecule has 98 valence electrons. The monoisotopic (exact) mass is 263 g/mol. The summed E-state index contributed by atoms with van der Waals surface area (Å²) in [5.41, 5.74) is 2.22. The van der Waals surface area contributed by atoms with Gasteiger partial charge in [-0.15, -0.1) is 0 Å². The van der Waals surface area contributed by atoms with Crippen LogP contribution in [0.1, 0.15) is 0 Å². The quantitative estimate of drug-likeness (QED) is 0.467. The van der Waals surface area contributed by atoms with Crippen molar-refractivity contribution in [2.75, 3.05) is 12.1 Å². The van der Waals surface area contributed by atoms with Crippen LogP contribution in [0.2, 0.25) is 0 Å². The molecule has 1 aliphatic heterocycles. The molecule has 1 aromatic carbocycles. The summed E-state index contributed by atoms with van der Waals surface area (Å²) in [7, 11) is 1.08. The lowest BCUT2D eigenvalue weighted by Crippen LogP contribution is -2.35. The van der Waals surface area contributed by atoms with Gasteiger partial charge < -0.3 is 4.74 Å². The fraction of sp³-hybridized carbons (Fsp3) is 0.0909. The van der Waals surface area contributed by atoms with E-state index in [1.165, 1.54) is 0 Å². The molecule has 2 rings (SSSR count). The Kier molecular flexibility index (Phi) is 3.42. The van der Waals surface area contributed by atoms with E-state index in [0.717, 1.165) is 12.1 Å². The molecule has 0 saturated carbocycles. The van der Waals surface area contributed by atoms with Crippen LogP contribution in [0.15, 0.2) is 35.5 Å². The van der Waals surface area contributed by atoms with Crippen molar-refractivity contribution in [3.8, 4) is 0 Å². The zero-order valence-electron chi connectivity index (χ0n) is 9.82. The molecular weight excluding hydrogens is 254 g/mol. The van der Waals surface area contributed by atoms with Gasteiger partial charge in [-0.3, -0.25) is 19.9 Å². The van der Waals surface area contributed by atoms with E-state index in [2.05, 4.69) is 20.2 Å². The largest absolute Gasteiger partial charge is 0.534 e. The van der Waals surface area contributed by atoms with Crippen LogP contribution >= 0.6 is 0 Å². The molecule has 2 amide bonds. The highest BCUT2D eigenvalue weighted by Crippen LogP contribution is 2.15. The summed E-state index contributed by atoms with van der Waals surface area (Å²) < 4.78 is 4.17. The minimum atomic E-state index is -1.12. The minimum Gasteiger partial charge on any atom is -0.436 e. The summed E-state index contributed by atoms with van der Waals surface area (Å²) in [6.45, 7) is 0. The number of amides is 2. The Hall–Kier alpha value is -2.90. The van der Waals surface area contributed by atoms with E-state index in [0.29, 0.717) is 5.69 Å². The minimum absolute atomic E-state index is 0.462. The zero-order chi connectivity index (χ0) is 13.8. The molecule has 0 aliphatic carbocycles. The van der Waals surface area contributed by atoms with Crippen LogP contribution < -0.4 is 10.4 Å². The number of carbonyl (C=O) groups excluding carboxylic acids is 3. The average molecular weight is 263 g/mol. The van der Waals surface area contributed by atoms with Gasteiger partial charge in [-0.05, 0) is 12.1 Å². The maximum absolute atomic E-state index is 11.9. The van der Waals surface area contributed by atoms with Crippen molar-refractivity contribution in [1.29, 1.82) is 0 Å². The maximum Gasteiger partial charge on any atom is 0.534 e. The van der Waals surface area contributed by atoms with Crippen molar-refractivity contribution in [2.24, 2.45) is 5.16 Å². The van der Waals surface area contributed by atoms with Crippen molar-refractivity contribution in [3.05, 3.63) is 30.3 Å².